The van der Waals surface area contributed by atoms with Gasteiger partial charge in [0, 0.05) is 16.3 Å². The number of thioether (sulfide) groups is 1. The predicted molar refractivity (Wildman–Crippen MR) is 93.5 cm³/mol. The number of halogens is 2. The number of carbonyl (C=O) groups is 1. The molecule has 2 heterocycles. The second kappa shape index (κ2) is 7.33. The van der Waals surface area contributed by atoms with Gasteiger partial charge in [0.25, 0.3) is 0 Å². The maximum absolute atomic E-state index is 13.9. The van der Waals surface area contributed by atoms with E-state index < -0.39 is 5.91 Å². The topological polar surface area (TPSA) is 73.8 Å². The van der Waals surface area contributed by atoms with E-state index >= 15 is 0 Å². The van der Waals surface area contributed by atoms with Gasteiger partial charge < -0.3 is 5.73 Å². The van der Waals surface area contributed by atoms with Crippen molar-refractivity contribution >= 4 is 40.6 Å². The highest BCUT2D eigenvalue weighted by Gasteiger charge is 2.18. The van der Waals surface area contributed by atoms with Crippen LogP contribution < -0.4 is 5.73 Å². The number of nitrogens with two attached hydrogens (primary N) is 1. The van der Waals surface area contributed by atoms with E-state index in [2.05, 4.69) is 10.2 Å². The minimum atomic E-state index is -0.501. The van der Waals surface area contributed by atoms with E-state index in [-0.39, 0.29) is 18.1 Å². The Labute approximate surface area is 150 Å². The predicted octanol–water partition coefficient (Wildman–Crippen LogP) is 3.58. The average Bonchev–Trinajstić information content (AvgIpc) is 3.16. The average molecular weight is 383 g/mol. The molecule has 24 heavy (non-hydrogen) atoms. The number of hydrogen-bond donors (Lipinski definition) is 1. The van der Waals surface area contributed by atoms with Crippen molar-refractivity contribution in [2.75, 3.05) is 0 Å². The summed E-state index contributed by atoms with van der Waals surface area (Å²) in [5, 5.41) is 11.0. The summed E-state index contributed by atoms with van der Waals surface area (Å²) in [5.41, 5.74) is 5.71. The fourth-order valence-corrected chi connectivity index (χ4v) is 4.09. The zero-order chi connectivity index (χ0) is 17.1. The number of amides is 1. The van der Waals surface area contributed by atoms with Crippen LogP contribution in [0.25, 0.3) is 10.7 Å². The van der Waals surface area contributed by atoms with Gasteiger partial charge >= 0.3 is 0 Å². The number of rotatable bonds is 6. The van der Waals surface area contributed by atoms with E-state index in [4.69, 9.17) is 17.3 Å². The van der Waals surface area contributed by atoms with Crippen molar-refractivity contribution in [2.45, 2.75) is 17.5 Å². The quantitative estimate of drug-likeness (QED) is 0.661. The van der Waals surface area contributed by atoms with Gasteiger partial charge in [-0.25, -0.2) is 4.39 Å². The second-order valence-corrected chi connectivity index (χ2v) is 7.12. The largest absolute Gasteiger partial charge is 0.368 e. The zero-order valence-electron chi connectivity index (χ0n) is 12.3. The Hall–Kier alpha value is -1.90. The lowest BCUT2D eigenvalue weighted by Crippen LogP contribution is -2.19. The molecule has 9 heteroatoms. The first kappa shape index (κ1) is 16.9. The molecule has 5 nitrogen and oxygen atoms in total. The molecule has 0 aliphatic heterocycles. The third kappa shape index (κ3) is 3.61. The smallest absolute Gasteiger partial charge is 0.237 e. The summed E-state index contributed by atoms with van der Waals surface area (Å²) in [6.07, 6.45) is 0. The van der Waals surface area contributed by atoms with Crippen molar-refractivity contribution < 1.29 is 9.18 Å². The Morgan fingerprint density at radius 3 is 2.83 bits per heavy atom. The Bertz CT molecular complexity index is 846. The number of benzene rings is 1. The monoisotopic (exact) mass is 382 g/mol. The molecule has 1 amide bonds. The Morgan fingerprint density at radius 2 is 2.17 bits per heavy atom. The molecule has 0 atom stereocenters. The maximum Gasteiger partial charge on any atom is 0.237 e. The van der Waals surface area contributed by atoms with Crippen molar-refractivity contribution in [1.29, 1.82) is 0 Å². The number of carbonyl (C=O) groups excluding carboxylic acids is 1. The van der Waals surface area contributed by atoms with Crippen LogP contribution in [0.1, 0.15) is 5.56 Å². The van der Waals surface area contributed by atoms with Gasteiger partial charge in [-0.3, -0.25) is 9.36 Å². The Kier molecular flexibility index (Phi) is 5.17. The fraction of sp³-hybridized carbons (Fsp3) is 0.133. The minimum absolute atomic E-state index is 0.0480. The summed E-state index contributed by atoms with van der Waals surface area (Å²) in [7, 11) is 0. The molecule has 1 aromatic carbocycles. The van der Waals surface area contributed by atoms with Crippen LogP contribution in [0.2, 0.25) is 5.02 Å². The van der Waals surface area contributed by atoms with Crippen LogP contribution in [0.5, 0.6) is 0 Å². The molecule has 0 unspecified atom stereocenters. The molecule has 0 fully saturated rings. The van der Waals surface area contributed by atoms with Gasteiger partial charge in [-0.1, -0.05) is 35.5 Å². The van der Waals surface area contributed by atoms with E-state index in [1.807, 2.05) is 17.5 Å². The molecule has 0 spiro atoms. The normalized spacial score (nSPS) is 10.9. The first-order valence-electron chi connectivity index (χ1n) is 6.87. The number of primary amides is 1. The van der Waals surface area contributed by atoms with Gasteiger partial charge in [-0.05, 0) is 23.6 Å². The van der Waals surface area contributed by atoms with Crippen molar-refractivity contribution in [2.24, 2.45) is 5.73 Å². The number of thiophene rings is 1. The standard InChI is InChI=1S/C15H12ClFN4OS2/c16-10-3-1-4-11(17)9(10)8-24-15-20-19-14(12-5-2-6-23-12)21(15)7-13(18)22/h1-6H,7-8H2,(H2,18,22). The van der Waals surface area contributed by atoms with Gasteiger partial charge in [0.05, 0.1) is 4.88 Å². The molecule has 0 bridgehead atoms. The molecule has 0 radical (unpaired) electrons. The SMILES string of the molecule is NC(=O)Cn1c(SCc2c(F)cccc2Cl)nnc1-c1cccs1. The zero-order valence-corrected chi connectivity index (χ0v) is 14.7. The van der Waals surface area contributed by atoms with Gasteiger partial charge in [-0.2, -0.15) is 0 Å². The fourth-order valence-electron chi connectivity index (χ4n) is 2.09. The van der Waals surface area contributed by atoms with E-state index in [1.165, 1.54) is 29.2 Å². The summed E-state index contributed by atoms with van der Waals surface area (Å²) in [5.74, 6) is -0.0499. The van der Waals surface area contributed by atoms with E-state index in [0.29, 0.717) is 21.6 Å². The van der Waals surface area contributed by atoms with E-state index in [0.717, 1.165) is 4.88 Å². The molecule has 0 aliphatic rings. The third-order valence-corrected chi connectivity index (χ3v) is 5.39. The van der Waals surface area contributed by atoms with Gasteiger partial charge in [-0.15, -0.1) is 21.5 Å². The molecule has 3 rings (SSSR count). The molecule has 2 aromatic heterocycles. The van der Waals surface area contributed by atoms with Crippen LogP contribution in [0.4, 0.5) is 4.39 Å². The van der Waals surface area contributed by atoms with Gasteiger partial charge in [0.2, 0.25) is 5.91 Å². The van der Waals surface area contributed by atoms with Crippen molar-refractivity contribution in [3.05, 3.63) is 52.1 Å². The van der Waals surface area contributed by atoms with Crippen LogP contribution in [0, 0.1) is 5.82 Å². The van der Waals surface area contributed by atoms with E-state index in [9.17, 15) is 9.18 Å². The van der Waals surface area contributed by atoms with Crippen LogP contribution in [-0.4, -0.2) is 20.7 Å². The first-order chi connectivity index (χ1) is 11.6. The van der Waals surface area contributed by atoms with Crippen molar-refractivity contribution in [3.8, 4) is 10.7 Å². The van der Waals surface area contributed by atoms with E-state index in [1.54, 1.807) is 16.7 Å². The second-order valence-electron chi connectivity index (χ2n) is 4.82. The summed E-state index contributed by atoms with van der Waals surface area (Å²) in [4.78, 5) is 12.3. The highest BCUT2D eigenvalue weighted by molar-refractivity contribution is 7.98. The van der Waals surface area contributed by atoms with Crippen molar-refractivity contribution in [3.63, 3.8) is 0 Å². The molecule has 2 N–H and O–H groups in total. The lowest BCUT2D eigenvalue weighted by molar-refractivity contribution is -0.118. The molecule has 0 saturated carbocycles. The molecular formula is C15H12ClFN4OS2. The van der Waals surface area contributed by atoms with Crippen LogP contribution in [0.15, 0.2) is 40.9 Å². The molecule has 3 aromatic rings. The Balaban J connectivity index is 1.89. The molecule has 124 valence electrons. The highest BCUT2D eigenvalue weighted by atomic mass is 35.5. The first-order valence-corrected chi connectivity index (χ1v) is 9.11. The minimum Gasteiger partial charge on any atom is -0.368 e. The Morgan fingerprint density at radius 1 is 1.33 bits per heavy atom. The molecule has 0 aliphatic carbocycles. The molecule has 0 saturated heterocycles. The highest BCUT2D eigenvalue weighted by Crippen LogP contribution is 2.31. The molecular weight excluding hydrogens is 371 g/mol. The summed E-state index contributed by atoms with van der Waals surface area (Å²) >= 11 is 8.77. The summed E-state index contributed by atoms with van der Waals surface area (Å²) < 4.78 is 15.5. The summed E-state index contributed by atoms with van der Waals surface area (Å²) in [6, 6.07) is 8.30. The number of hydrogen-bond acceptors (Lipinski definition) is 5. The van der Waals surface area contributed by atoms with Crippen molar-refractivity contribution in [1.82, 2.24) is 14.8 Å². The lowest BCUT2D eigenvalue weighted by atomic mass is 10.2. The maximum atomic E-state index is 13.9. The third-order valence-electron chi connectivity index (χ3n) is 3.18. The lowest BCUT2D eigenvalue weighted by Gasteiger charge is -2.08. The van der Waals surface area contributed by atoms with Gasteiger partial charge in [0.15, 0.2) is 11.0 Å². The number of aromatic nitrogens is 3. The summed E-state index contributed by atoms with van der Waals surface area (Å²) in [6.45, 7) is -0.0480. The van der Waals surface area contributed by atoms with Crippen LogP contribution in [0.3, 0.4) is 0 Å². The van der Waals surface area contributed by atoms with Crippen LogP contribution >= 0.6 is 34.7 Å². The van der Waals surface area contributed by atoms with Gasteiger partial charge in [0.1, 0.15) is 12.4 Å². The number of nitrogens with zero attached hydrogens (tertiary/aromatic N) is 3. The van der Waals surface area contributed by atoms with Crippen LogP contribution in [-0.2, 0) is 17.1 Å².